The van der Waals surface area contributed by atoms with Crippen LogP contribution in [0.1, 0.15) is 24.8 Å². The summed E-state index contributed by atoms with van der Waals surface area (Å²) in [6, 6.07) is 13.7. The highest BCUT2D eigenvalue weighted by molar-refractivity contribution is 6.30. The largest absolute Gasteiger partial charge is 0.465 e. The average Bonchev–Trinajstić information content (AvgIpc) is 3.12. The number of pyridine rings is 1. The maximum Gasteiger partial charge on any atom is 0.309 e. The third-order valence-corrected chi connectivity index (χ3v) is 6.06. The van der Waals surface area contributed by atoms with Crippen molar-refractivity contribution in [3.63, 3.8) is 0 Å². The molecule has 2 aliphatic rings. The van der Waals surface area contributed by atoms with E-state index in [0.29, 0.717) is 31.1 Å². The Morgan fingerprint density at radius 1 is 1.13 bits per heavy atom. The van der Waals surface area contributed by atoms with E-state index in [0.717, 1.165) is 37.3 Å². The van der Waals surface area contributed by atoms with Crippen LogP contribution >= 0.6 is 11.6 Å². The fourth-order valence-electron chi connectivity index (χ4n) is 4.14. The molecule has 2 fully saturated rings. The SMILES string of the molecule is O=C(OCC1CC(=O)N(Cc2ccccc2)C1)C1CCN(c2ccc(Cl)cn2)CC1. The molecule has 1 atom stereocenters. The van der Waals surface area contributed by atoms with Crippen molar-refractivity contribution in [2.45, 2.75) is 25.8 Å². The van der Waals surface area contributed by atoms with Crippen LogP contribution < -0.4 is 4.90 Å². The Morgan fingerprint density at radius 2 is 1.90 bits per heavy atom. The van der Waals surface area contributed by atoms with Crippen molar-refractivity contribution in [1.29, 1.82) is 0 Å². The van der Waals surface area contributed by atoms with Crippen LogP contribution in [0.25, 0.3) is 0 Å². The Morgan fingerprint density at radius 3 is 2.60 bits per heavy atom. The molecule has 30 heavy (non-hydrogen) atoms. The van der Waals surface area contributed by atoms with Crippen molar-refractivity contribution in [3.05, 3.63) is 59.2 Å². The van der Waals surface area contributed by atoms with Gasteiger partial charge in [0.05, 0.1) is 17.5 Å². The summed E-state index contributed by atoms with van der Waals surface area (Å²) in [5.74, 6) is 0.847. The van der Waals surface area contributed by atoms with Gasteiger partial charge in [-0.05, 0) is 30.5 Å². The van der Waals surface area contributed by atoms with Gasteiger partial charge in [-0.1, -0.05) is 41.9 Å². The highest BCUT2D eigenvalue weighted by Crippen LogP contribution is 2.25. The predicted octanol–water partition coefficient (Wildman–Crippen LogP) is 3.54. The van der Waals surface area contributed by atoms with Crippen molar-refractivity contribution in [1.82, 2.24) is 9.88 Å². The lowest BCUT2D eigenvalue weighted by molar-refractivity contribution is -0.150. The number of carbonyl (C=O) groups excluding carboxylic acids is 2. The molecule has 1 aromatic carbocycles. The van der Waals surface area contributed by atoms with Gasteiger partial charge in [0.15, 0.2) is 0 Å². The normalized spacial score (nSPS) is 19.9. The Bertz CT molecular complexity index is 867. The van der Waals surface area contributed by atoms with E-state index in [9.17, 15) is 9.59 Å². The van der Waals surface area contributed by atoms with Crippen LogP contribution in [0, 0.1) is 11.8 Å². The molecule has 0 radical (unpaired) electrons. The number of hydrogen-bond acceptors (Lipinski definition) is 5. The van der Waals surface area contributed by atoms with Gasteiger partial charge >= 0.3 is 5.97 Å². The fourth-order valence-corrected chi connectivity index (χ4v) is 4.25. The van der Waals surface area contributed by atoms with Crippen molar-refractivity contribution in [3.8, 4) is 0 Å². The molecule has 3 heterocycles. The summed E-state index contributed by atoms with van der Waals surface area (Å²) < 4.78 is 5.60. The van der Waals surface area contributed by atoms with Gasteiger partial charge in [0.2, 0.25) is 5.91 Å². The van der Waals surface area contributed by atoms with E-state index in [-0.39, 0.29) is 23.7 Å². The second-order valence-corrected chi connectivity index (χ2v) is 8.49. The summed E-state index contributed by atoms with van der Waals surface area (Å²) in [6.07, 6.45) is 3.57. The Labute approximate surface area is 181 Å². The zero-order chi connectivity index (χ0) is 20.9. The molecule has 7 heteroatoms. The number of halogens is 1. The Kier molecular flexibility index (Phi) is 6.53. The zero-order valence-electron chi connectivity index (χ0n) is 16.9. The molecular formula is C23H26ClN3O3. The highest BCUT2D eigenvalue weighted by atomic mass is 35.5. The first-order chi connectivity index (χ1) is 14.6. The van der Waals surface area contributed by atoms with Gasteiger partial charge in [-0.2, -0.15) is 0 Å². The molecule has 6 nitrogen and oxygen atoms in total. The molecule has 1 unspecified atom stereocenters. The topological polar surface area (TPSA) is 62.7 Å². The van der Waals surface area contributed by atoms with Gasteiger partial charge in [0.1, 0.15) is 5.82 Å². The lowest BCUT2D eigenvalue weighted by atomic mass is 9.97. The van der Waals surface area contributed by atoms with Gasteiger partial charge in [0.25, 0.3) is 0 Å². The standard InChI is InChI=1S/C23H26ClN3O3/c24-20-6-7-21(25-13-20)26-10-8-19(9-11-26)23(29)30-16-18-12-22(28)27(15-18)14-17-4-2-1-3-5-17/h1-7,13,18-19H,8-12,14-16H2. The first-order valence-corrected chi connectivity index (χ1v) is 10.8. The molecule has 0 N–H and O–H groups in total. The van der Waals surface area contributed by atoms with Crippen LogP contribution in [0.3, 0.4) is 0 Å². The van der Waals surface area contributed by atoms with Crippen LogP contribution in [0.4, 0.5) is 5.82 Å². The smallest absolute Gasteiger partial charge is 0.309 e. The number of aromatic nitrogens is 1. The third-order valence-electron chi connectivity index (χ3n) is 5.84. The third kappa shape index (κ3) is 5.11. The number of anilines is 1. The van der Waals surface area contributed by atoms with E-state index >= 15 is 0 Å². The number of esters is 1. The van der Waals surface area contributed by atoms with Crippen molar-refractivity contribution in [2.75, 3.05) is 31.1 Å². The first-order valence-electron chi connectivity index (χ1n) is 10.4. The maximum atomic E-state index is 12.5. The van der Waals surface area contributed by atoms with Crippen molar-refractivity contribution in [2.24, 2.45) is 11.8 Å². The quantitative estimate of drug-likeness (QED) is 0.660. The second kappa shape index (κ2) is 9.47. The molecule has 0 bridgehead atoms. The lowest BCUT2D eigenvalue weighted by Gasteiger charge is -2.31. The van der Waals surface area contributed by atoms with Gasteiger partial charge < -0.3 is 14.5 Å². The van der Waals surface area contributed by atoms with E-state index in [1.165, 1.54) is 0 Å². The summed E-state index contributed by atoms with van der Waals surface area (Å²) in [6.45, 7) is 3.10. The number of piperidine rings is 1. The van der Waals surface area contributed by atoms with Crippen LogP contribution in [0.15, 0.2) is 48.7 Å². The number of benzene rings is 1. The molecular weight excluding hydrogens is 402 g/mol. The van der Waals surface area contributed by atoms with Crippen LogP contribution in [0.2, 0.25) is 5.02 Å². The van der Waals surface area contributed by atoms with Crippen molar-refractivity contribution >= 4 is 29.3 Å². The Hall–Kier alpha value is -2.60. The monoisotopic (exact) mass is 427 g/mol. The predicted molar refractivity (Wildman–Crippen MR) is 115 cm³/mol. The molecule has 0 aliphatic carbocycles. The van der Waals surface area contributed by atoms with Crippen LogP contribution in [-0.4, -0.2) is 48.0 Å². The second-order valence-electron chi connectivity index (χ2n) is 8.06. The van der Waals surface area contributed by atoms with E-state index < -0.39 is 0 Å². The minimum Gasteiger partial charge on any atom is -0.465 e. The maximum absolute atomic E-state index is 12.5. The Balaban J connectivity index is 1.21. The minimum atomic E-state index is -0.146. The van der Waals surface area contributed by atoms with E-state index in [1.54, 1.807) is 6.20 Å². The number of nitrogens with zero attached hydrogens (tertiary/aromatic N) is 3. The molecule has 1 aromatic heterocycles. The molecule has 158 valence electrons. The van der Waals surface area contributed by atoms with E-state index in [4.69, 9.17) is 16.3 Å². The summed E-state index contributed by atoms with van der Waals surface area (Å²) in [5.41, 5.74) is 1.12. The molecule has 1 amide bonds. The summed E-state index contributed by atoms with van der Waals surface area (Å²) in [4.78, 5) is 33.2. The molecule has 2 aliphatic heterocycles. The number of hydrogen-bond donors (Lipinski definition) is 0. The van der Waals surface area contributed by atoms with Crippen LogP contribution in [-0.2, 0) is 20.9 Å². The van der Waals surface area contributed by atoms with E-state index in [2.05, 4.69) is 9.88 Å². The lowest BCUT2D eigenvalue weighted by Crippen LogP contribution is -2.37. The molecule has 2 aromatic rings. The average molecular weight is 428 g/mol. The number of ether oxygens (including phenoxy) is 1. The minimum absolute atomic E-state index is 0.0727. The number of amides is 1. The van der Waals surface area contributed by atoms with Gasteiger partial charge in [-0.15, -0.1) is 0 Å². The summed E-state index contributed by atoms with van der Waals surface area (Å²) in [7, 11) is 0. The number of likely N-dealkylation sites (tertiary alicyclic amines) is 1. The van der Waals surface area contributed by atoms with Gasteiger partial charge in [0, 0.05) is 44.7 Å². The van der Waals surface area contributed by atoms with E-state index in [1.807, 2.05) is 47.4 Å². The summed E-state index contributed by atoms with van der Waals surface area (Å²) in [5, 5.41) is 0.616. The fraction of sp³-hybridized carbons (Fsp3) is 0.435. The first kappa shape index (κ1) is 20.7. The van der Waals surface area contributed by atoms with Crippen molar-refractivity contribution < 1.29 is 14.3 Å². The summed E-state index contributed by atoms with van der Waals surface area (Å²) >= 11 is 5.90. The molecule has 0 spiro atoms. The zero-order valence-corrected chi connectivity index (χ0v) is 17.6. The number of rotatable bonds is 6. The molecule has 4 rings (SSSR count). The molecule has 2 saturated heterocycles. The van der Waals surface area contributed by atoms with Crippen LogP contribution in [0.5, 0.6) is 0 Å². The van der Waals surface area contributed by atoms with Gasteiger partial charge in [-0.25, -0.2) is 4.98 Å². The number of carbonyl (C=O) groups is 2. The highest BCUT2D eigenvalue weighted by Gasteiger charge is 2.32. The molecule has 0 saturated carbocycles. The van der Waals surface area contributed by atoms with Gasteiger partial charge in [-0.3, -0.25) is 9.59 Å².